The zero-order chi connectivity index (χ0) is 21.8. The van der Waals surface area contributed by atoms with E-state index in [1.54, 1.807) is 47.1 Å². The molecule has 0 spiro atoms. The van der Waals surface area contributed by atoms with Gasteiger partial charge >= 0.3 is 5.97 Å². The summed E-state index contributed by atoms with van der Waals surface area (Å²) in [5, 5.41) is 4.98. The molecule has 30 heavy (non-hydrogen) atoms. The fourth-order valence-electron chi connectivity index (χ4n) is 2.92. The number of halogens is 1. The Morgan fingerprint density at radius 1 is 0.967 bits per heavy atom. The first-order valence-electron chi connectivity index (χ1n) is 9.10. The van der Waals surface area contributed by atoms with Crippen molar-refractivity contribution in [3.8, 4) is 17.2 Å². The molecule has 0 atom stereocenters. The number of benzene rings is 2. The van der Waals surface area contributed by atoms with E-state index in [-0.39, 0.29) is 12.4 Å². The molecule has 0 bridgehead atoms. The van der Waals surface area contributed by atoms with Gasteiger partial charge in [0.05, 0.1) is 41.9 Å². The smallest absolute Gasteiger partial charge is 0.338 e. The normalized spacial score (nSPS) is 10.6. The number of rotatable bonds is 7. The topological polar surface area (TPSA) is 79.7 Å². The molecule has 0 amide bonds. The predicted octanol–water partition coefficient (Wildman–Crippen LogP) is 4.20. The minimum atomic E-state index is -0.596. The van der Waals surface area contributed by atoms with Crippen molar-refractivity contribution in [3.05, 3.63) is 70.0 Å². The molecule has 0 saturated heterocycles. The standard InChI is InChI=1S/C22H21ClN2O5/c1-13-21(23)14(2)25(24-13)17-8-5-15(6-9-17)22(27)30-12-18(26)16-7-10-19(28-3)20(11-16)29-4/h5-11H,12H2,1-4H3. The van der Waals surface area contributed by atoms with Gasteiger partial charge < -0.3 is 14.2 Å². The van der Waals surface area contributed by atoms with Crippen LogP contribution in [0.2, 0.25) is 5.02 Å². The lowest BCUT2D eigenvalue weighted by Gasteiger charge is -2.10. The lowest BCUT2D eigenvalue weighted by molar-refractivity contribution is 0.0474. The average molecular weight is 429 g/mol. The van der Waals surface area contributed by atoms with Crippen LogP contribution in [0.25, 0.3) is 5.69 Å². The van der Waals surface area contributed by atoms with Gasteiger partial charge in [-0.1, -0.05) is 11.6 Å². The second-order valence-corrected chi connectivity index (χ2v) is 6.89. The molecule has 1 aromatic heterocycles. The van der Waals surface area contributed by atoms with Crippen molar-refractivity contribution in [2.75, 3.05) is 20.8 Å². The number of aryl methyl sites for hydroxylation is 1. The maximum atomic E-state index is 12.4. The molecule has 0 aliphatic carbocycles. The summed E-state index contributed by atoms with van der Waals surface area (Å²) in [6.45, 7) is 3.31. The SMILES string of the molecule is COc1ccc(C(=O)COC(=O)c2ccc(-n3nc(C)c(Cl)c3C)cc2)cc1OC. The van der Waals surface area contributed by atoms with Crippen LogP contribution in [0.15, 0.2) is 42.5 Å². The van der Waals surface area contributed by atoms with Crippen molar-refractivity contribution in [1.82, 2.24) is 9.78 Å². The van der Waals surface area contributed by atoms with Crippen molar-refractivity contribution in [2.45, 2.75) is 13.8 Å². The molecular formula is C22H21ClN2O5. The van der Waals surface area contributed by atoms with E-state index in [9.17, 15) is 9.59 Å². The number of hydrogen-bond acceptors (Lipinski definition) is 6. The Balaban J connectivity index is 1.66. The van der Waals surface area contributed by atoms with Gasteiger partial charge in [0.25, 0.3) is 0 Å². The lowest BCUT2D eigenvalue weighted by Crippen LogP contribution is -2.14. The molecule has 3 aromatic rings. The highest BCUT2D eigenvalue weighted by Crippen LogP contribution is 2.28. The minimum absolute atomic E-state index is 0.325. The van der Waals surface area contributed by atoms with Crippen molar-refractivity contribution in [3.63, 3.8) is 0 Å². The van der Waals surface area contributed by atoms with Gasteiger partial charge in [0.1, 0.15) is 0 Å². The Labute approximate surface area is 179 Å². The summed E-state index contributed by atoms with van der Waals surface area (Å²) in [6.07, 6.45) is 0. The van der Waals surface area contributed by atoms with Gasteiger partial charge in [0, 0.05) is 5.56 Å². The van der Waals surface area contributed by atoms with E-state index in [4.69, 9.17) is 25.8 Å². The van der Waals surface area contributed by atoms with Crippen LogP contribution in [0.1, 0.15) is 32.1 Å². The number of nitrogens with zero attached hydrogens (tertiary/aromatic N) is 2. The van der Waals surface area contributed by atoms with Crippen molar-refractivity contribution in [2.24, 2.45) is 0 Å². The number of aromatic nitrogens is 2. The first-order chi connectivity index (χ1) is 14.3. The fraction of sp³-hybridized carbons (Fsp3) is 0.227. The minimum Gasteiger partial charge on any atom is -0.493 e. The molecule has 0 radical (unpaired) electrons. The molecule has 0 N–H and O–H groups in total. The number of carbonyl (C=O) groups is 2. The summed E-state index contributed by atoms with van der Waals surface area (Å²) in [5.41, 5.74) is 2.99. The summed E-state index contributed by atoms with van der Waals surface area (Å²) in [6, 6.07) is 11.5. The maximum absolute atomic E-state index is 12.4. The third-order valence-corrected chi connectivity index (χ3v) is 5.14. The van der Waals surface area contributed by atoms with Gasteiger partial charge in [-0.3, -0.25) is 4.79 Å². The summed E-state index contributed by atoms with van der Waals surface area (Å²) >= 11 is 6.18. The molecule has 3 rings (SSSR count). The second kappa shape index (κ2) is 9.00. The van der Waals surface area contributed by atoms with Gasteiger partial charge in [-0.05, 0) is 56.3 Å². The molecule has 2 aromatic carbocycles. The number of carbonyl (C=O) groups excluding carboxylic acids is 2. The Morgan fingerprint density at radius 2 is 1.60 bits per heavy atom. The fourth-order valence-corrected chi connectivity index (χ4v) is 3.04. The van der Waals surface area contributed by atoms with E-state index in [0.717, 1.165) is 17.1 Å². The zero-order valence-electron chi connectivity index (χ0n) is 17.1. The lowest BCUT2D eigenvalue weighted by atomic mass is 10.1. The van der Waals surface area contributed by atoms with Gasteiger partial charge in [-0.15, -0.1) is 0 Å². The number of hydrogen-bond donors (Lipinski definition) is 0. The summed E-state index contributed by atoms with van der Waals surface area (Å²) in [5.74, 6) is -0.00969. The molecular weight excluding hydrogens is 408 g/mol. The number of Topliss-reactive ketones (excluding diaryl/α,β-unsaturated/α-hetero) is 1. The van der Waals surface area contributed by atoms with Crippen LogP contribution in [-0.2, 0) is 4.74 Å². The summed E-state index contributed by atoms with van der Waals surface area (Å²) in [7, 11) is 2.99. The van der Waals surface area contributed by atoms with Gasteiger partial charge in [-0.25, -0.2) is 9.48 Å². The largest absolute Gasteiger partial charge is 0.493 e. The number of ether oxygens (including phenoxy) is 3. The average Bonchev–Trinajstić information content (AvgIpc) is 3.04. The Hall–Kier alpha value is -3.32. The van der Waals surface area contributed by atoms with Crippen LogP contribution in [0.3, 0.4) is 0 Å². The van der Waals surface area contributed by atoms with E-state index in [1.807, 2.05) is 13.8 Å². The van der Waals surface area contributed by atoms with Crippen LogP contribution >= 0.6 is 11.6 Å². The molecule has 1 heterocycles. The first-order valence-corrected chi connectivity index (χ1v) is 9.48. The van der Waals surface area contributed by atoms with Crippen LogP contribution < -0.4 is 9.47 Å². The van der Waals surface area contributed by atoms with E-state index >= 15 is 0 Å². The van der Waals surface area contributed by atoms with E-state index in [2.05, 4.69) is 5.10 Å². The maximum Gasteiger partial charge on any atom is 0.338 e. The number of ketones is 1. The van der Waals surface area contributed by atoms with Gasteiger partial charge in [-0.2, -0.15) is 5.10 Å². The zero-order valence-corrected chi connectivity index (χ0v) is 17.8. The van der Waals surface area contributed by atoms with Crippen LogP contribution in [0.5, 0.6) is 11.5 Å². The second-order valence-electron chi connectivity index (χ2n) is 6.51. The van der Waals surface area contributed by atoms with E-state index in [1.165, 1.54) is 14.2 Å². The van der Waals surface area contributed by atoms with Crippen molar-refractivity contribution < 1.29 is 23.8 Å². The van der Waals surface area contributed by atoms with Gasteiger partial charge in [0.2, 0.25) is 0 Å². The Kier molecular flexibility index (Phi) is 6.42. The predicted molar refractivity (Wildman–Crippen MR) is 112 cm³/mol. The molecule has 8 heteroatoms. The summed E-state index contributed by atoms with van der Waals surface area (Å²) in [4.78, 5) is 24.7. The molecule has 0 aliphatic heterocycles. The molecule has 0 saturated carbocycles. The molecule has 156 valence electrons. The van der Waals surface area contributed by atoms with Gasteiger partial charge in [0.15, 0.2) is 23.9 Å². The quantitative estimate of drug-likeness (QED) is 0.414. The molecule has 0 aliphatic rings. The van der Waals surface area contributed by atoms with E-state index in [0.29, 0.717) is 27.6 Å². The molecule has 0 fully saturated rings. The third-order valence-electron chi connectivity index (χ3n) is 4.59. The van der Waals surface area contributed by atoms with Crippen LogP contribution in [0, 0.1) is 13.8 Å². The highest BCUT2D eigenvalue weighted by atomic mass is 35.5. The van der Waals surface area contributed by atoms with Crippen LogP contribution in [-0.4, -0.2) is 42.4 Å². The third kappa shape index (κ3) is 4.31. The number of esters is 1. The highest BCUT2D eigenvalue weighted by Gasteiger charge is 2.15. The molecule has 7 nitrogen and oxygen atoms in total. The van der Waals surface area contributed by atoms with E-state index < -0.39 is 5.97 Å². The Bertz CT molecular complexity index is 1090. The first kappa shape index (κ1) is 21.4. The highest BCUT2D eigenvalue weighted by molar-refractivity contribution is 6.31. The monoisotopic (exact) mass is 428 g/mol. The van der Waals surface area contributed by atoms with Crippen LogP contribution in [0.4, 0.5) is 0 Å². The van der Waals surface area contributed by atoms with Crippen molar-refractivity contribution >= 4 is 23.4 Å². The summed E-state index contributed by atoms with van der Waals surface area (Å²) < 4.78 is 17.2. The van der Waals surface area contributed by atoms with Crippen molar-refractivity contribution in [1.29, 1.82) is 0 Å². The number of methoxy groups -OCH3 is 2. The Morgan fingerprint density at radius 3 is 2.17 bits per heavy atom. The molecule has 0 unspecified atom stereocenters.